The molecule has 0 rings (SSSR count). The van der Waals surface area contributed by atoms with Crippen LogP contribution in [0.4, 0.5) is 0 Å². The van der Waals surface area contributed by atoms with Gasteiger partial charge in [0.1, 0.15) is 0 Å². The Morgan fingerprint density at radius 2 is 0.627 bits per heavy atom. The number of aliphatic hydroxyl groups is 2. The van der Waals surface area contributed by atoms with Crippen molar-refractivity contribution in [1.82, 2.24) is 5.32 Å². The lowest BCUT2D eigenvalue weighted by Gasteiger charge is -2.20. The van der Waals surface area contributed by atoms with Crippen LogP contribution in [0.2, 0.25) is 0 Å². The molecule has 2 unspecified atom stereocenters. The molecule has 0 heterocycles. The highest BCUT2D eigenvalue weighted by atomic mass is 16.5. The molecule has 0 radical (unpaired) electrons. The average Bonchev–Trinajstić information content (AvgIpc) is 3.41. The van der Waals surface area contributed by atoms with Crippen molar-refractivity contribution in [2.75, 3.05) is 13.2 Å². The molecule has 444 valence electrons. The molecule has 6 heteroatoms. The van der Waals surface area contributed by atoms with Gasteiger partial charge in [0.25, 0.3) is 0 Å². The Kier molecular flexibility index (Phi) is 63.4. The predicted octanol–water partition coefficient (Wildman–Crippen LogP) is 21.8. The zero-order valence-corrected chi connectivity index (χ0v) is 50.8. The number of hydrogen-bond acceptors (Lipinski definition) is 5. The van der Waals surface area contributed by atoms with Crippen molar-refractivity contribution in [2.24, 2.45) is 0 Å². The van der Waals surface area contributed by atoms with E-state index in [4.69, 9.17) is 4.74 Å². The van der Waals surface area contributed by atoms with Crippen LogP contribution in [0.3, 0.4) is 0 Å². The molecule has 6 nitrogen and oxygen atoms in total. The molecular formula is C69H133NO5. The summed E-state index contributed by atoms with van der Waals surface area (Å²) in [5.74, 6) is -0.0457. The summed E-state index contributed by atoms with van der Waals surface area (Å²) >= 11 is 0. The van der Waals surface area contributed by atoms with Crippen LogP contribution in [0.25, 0.3) is 0 Å². The zero-order valence-electron chi connectivity index (χ0n) is 50.8. The van der Waals surface area contributed by atoms with E-state index in [9.17, 15) is 19.8 Å². The number of aliphatic hydroxyl groups excluding tert-OH is 2. The molecule has 0 aromatic rings. The van der Waals surface area contributed by atoms with Crippen LogP contribution in [0.1, 0.15) is 380 Å². The van der Waals surface area contributed by atoms with Crippen molar-refractivity contribution in [2.45, 2.75) is 392 Å². The number of hydrogen-bond donors (Lipinski definition) is 3. The maximum absolute atomic E-state index is 12.5. The van der Waals surface area contributed by atoms with Gasteiger partial charge in [-0.25, -0.2) is 0 Å². The van der Waals surface area contributed by atoms with Crippen LogP contribution >= 0.6 is 0 Å². The van der Waals surface area contributed by atoms with E-state index in [2.05, 4.69) is 31.3 Å². The van der Waals surface area contributed by atoms with Crippen LogP contribution in [-0.2, 0) is 14.3 Å². The summed E-state index contributed by atoms with van der Waals surface area (Å²) in [7, 11) is 0. The van der Waals surface area contributed by atoms with Crippen molar-refractivity contribution in [3.63, 3.8) is 0 Å². The highest BCUT2D eigenvalue weighted by Crippen LogP contribution is 2.18. The topological polar surface area (TPSA) is 95.9 Å². The minimum absolute atomic E-state index is 0.0196. The fraction of sp³-hybridized carbons (Fsp3) is 0.913. The third-order valence-electron chi connectivity index (χ3n) is 16.0. The lowest BCUT2D eigenvalue weighted by molar-refractivity contribution is -0.143. The lowest BCUT2D eigenvalue weighted by Crippen LogP contribution is -2.45. The van der Waals surface area contributed by atoms with Crippen molar-refractivity contribution in [3.05, 3.63) is 24.3 Å². The highest BCUT2D eigenvalue weighted by Gasteiger charge is 2.18. The Morgan fingerprint density at radius 1 is 0.360 bits per heavy atom. The molecule has 0 spiro atoms. The molecule has 0 aliphatic carbocycles. The number of rotatable bonds is 64. The second kappa shape index (κ2) is 64.9. The van der Waals surface area contributed by atoms with Crippen molar-refractivity contribution >= 4 is 11.9 Å². The van der Waals surface area contributed by atoms with Crippen LogP contribution in [-0.4, -0.2) is 47.4 Å². The lowest BCUT2D eigenvalue weighted by atomic mass is 10.0. The van der Waals surface area contributed by atoms with Gasteiger partial charge in [0, 0.05) is 12.8 Å². The van der Waals surface area contributed by atoms with E-state index in [0.717, 1.165) is 38.5 Å². The second-order valence-corrected chi connectivity index (χ2v) is 23.5. The molecule has 2 atom stereocenters. The zero-order chi connectivity index (χ0) is 54.3. The Balaban J connectivity index is 3.37. The van der Waals surface area contributed by atoms with E-state index in [1.807, 2.05) is 6.08 Å². The Hall–Kier alpha value is -1.66. The minimum atomic E-state index is -0.843. The monoisotopic (exact) mass is 1060 g/mol. The van der Waals surface area contributed by atoms with E-state index in [1.165, 1.54) is 315 Å². The molecule has 3 N–H and O–H groups in total. The smallest absolute Gasteiger partial charge is 0.305 e. The van der Waals surface area contributed by atoms with E-state index >= 15 is 0 Å². The molecule has 0 aromatic carbocycles. The maximum atomic E-state index is 12.5. The van der Waals surface area contributed by atoms with Crippen LogP contribution < -0.4 is 5.32 Å². The van der Waals surface area contributed by atoms with E-state index in [0.29, 0.717) is 19.4 Å². The number of carbonyl (C=O) groups is 2. The first-order valence-corrected chi connectivity index (χ1v) is 34.1. The molecule has 0 saturated carbocycles. The quantitative estimate of drug-likeness (QED) is 0.0320. The van der Waals surface area contributed by atoms with Gasteiger partial charge in [-0.3, -0.25) is 9.59 Å². The van der Waals surface area contributed by atoms with Gasteiger partial charge in [-0.2, -0.15) is 0 Å². The summed E-state index contributed by atoms with van der Waals surface area (Å²) in [4.78, 5) is 24.5. The van der Waals surface area contributed by atoms with Crippen LogP contribution in [0.15, 0.2) is 24.3 Å². The fourth-order valence-corrected chi connectivity index (χ4v) is 10.7. The van der Waals surface area contributed by atoms with Gasteiger partial charge >= 0.3 is 5.97 Å². The summed E-state index contributed by atoms with van der Waals surface area (Å²) < 4.78 is 5.50. The first-order valence-electron chi connectivity index (χ1n) is 34.1. The summed E-state index contributed by atoms with van der Waals surface area (Å²) in [6, 6.07) is -0.626. The largest absolute Gasteiger partial charge is 0.466 e. The standard InChI is InChI=1S/C69H133NO5/c1-3-5-7-9-11-13-15-17-34-39-43-47-51-55-59-63-69(74)75-64-60-56-52-48-44-40-36-33-31-29-27-25-23-21-19-20-22-24-26-28-30-32-35-38-42-46-50-54-58-62-68(73)70-66(65-71)67(72)61-57-53-49-45-41-37-18-16-14-12-10-8-6-4-2/h19,21,57,61,66-67,71-72H,3-18,20,22-56,58-60,62-65H2,1-2H3,(H,70,73)/b21-19-,61-57+. The van der Waals surface area contributed by atoms with Crippen LogP contribution in [0.5, 0.6) is 0 Å². The Morgan fingerprint density at radius 3 is 0.947 bits per heavy atom. The Labute approximate surface area is 469 Å². The van der Waals surface area contributed by atoms with Crippen molar-refractivity contribution < 1.29 is 24.5 Å². The molecule has 0 aromatic heterocycles. The number of ether oxygens (including phenoxy) is 1. The third kappa shape index (κ3) is 61.4. The summed E-state index contributed by atoms with van der Waals surface area (Å²) in [5, 5.41) is 23.1. The predicted molar refractivity (Wildman–Crippen MR) is 329 cm³/mol. The van der Waals surface area contributed by atoms with Gasteiger partial charge in [-0.05, 0) is 57.8 Å². The molecule has 0 saturated heterocycles. The molecule has 0 aliphatic heterocycles. The molecule has 1 amide bonds. The van der Waals surface area contributed by atoms with Gasteiger partial charge in [0.05, 0.1) is 25.4 Å². The number of unbranched alkanes of at least 4 members (excludes halogenated alkanes) is 51. The summed E-state index contributed by atoms with van der Waals surface area (Å²) in [6.07, 6.45) is 81.1. The van der Waals surface area contributed by atoms with E-state index in [-0.39, 0.29) is 18.5 Å². The van der Waals surface area contributed by atoms with Crippen molar-refractivity contribution in [1.29, 1.82) is 0 Å². The van der Waals surface area contributed by atoms with Gasteiger partial charge in [-0.1, -0.05) is 334 Å². The molecule has 0 fully saturated rings. The summed E-state index contributed by atoms with van der Waals surface area (Å²) in [6.45, 7) is 4.93. The third-order valence-corrected chi connectivity index (χ3v) is 16.0. The van der Waals surface area contributed by atoms with Crippen molar-refractivity contribution in [3.8, 4) is 0 Å². The SMILES string of the molecule is CCCCCCCCCCCCCC/C=C/C(O)C(CO)NC(=O)CCCCCCCCCCCCCCC/C=C\CCCCCCCCCCCCCCOC(=O)CCCCCCCCCCCCCCCCC. The van der Waals surface area contributed by atoms with E-state index < -0.39 is 12.1 Å². The number of nitrogens with one attached hydrogen (secondary N) is 1. The second-order valence-electron chi connectivity index (χ2n) is 23.5. The highest BCUT2D eigenvalue weighted by molar-refractivity contribution is 5.76. The number of carbonyl (C=O) groups excluding carboxylic acids is 2. The minimum Gasteiger partial charge on any atom is -0.466 e. The van der Waals surface area contributed by atoms with Gasteiger partial charge in [-0.15, -0.1) is 0 Å². The Bertz CT molecular complexity index is 1170. The molecule has 0 bridgehead atoms. The first-order chi connectivity index (χ1) is 37.0. The number of allylic oxidation sites excluding steroid dienone is 3. The van der Waals surface area contributed by atoms with E-state index in [1.54, 1.807) is 6.08 Å². The van der Waals surface area contributed by atoms with Gasteiger partial charge < -0.3 is 20.3 Å². The fourth-order valence-electron chi connectivity index (χ4n) is 10.7. The summed E-state index contributed by atoms with van der Waals surface area (Å²) in [5.41, 5.74) is 0. The number of amides is 1. The maximum Gasteiger partial charge on any atom is 0.305 e. The molecule has 0 aliphatic rings. The van der Waals surface area contributed by atoms with Gasteiger partial charge in [0.2, 0.25) is 5.91 Å². The van der Waals surface area contributed by atoms with Crippen LogP contribution in [0, 0.1) is 0 Å². The first kappa shape index (κ1) is 73.3. The average molecular weight is 1060 g/mol. The molecular weight excluding hydrogens is 923 g/mol. The molecule has 75 heavy (non-hydrogen) atoms. The number of esters is 1. The normalized spacial score (nSPS) is 12.6. The van der Waals surface area contributed by atoms with Gasteiger partial charge in [0.15, 0.2) is 0 Å².